The highest BCUT2D eigenvalue weighted by atomic mass is 16.1. The molecular formula is C26H24N8O. The van der Waals surface area contributed by atoms with E-state index in [-0.39, 0.29) is 11.6 Å². The fraction of sp³-hybridized carbons (Fsp3) is 0.192. The predicted molar refractivity (Wildman–Crippen MR) is 130 cm³/mol. The molecule has 0 bridgehead atoms. The van der Waals surface area contributed by atoms with Crippen LogP contribution in [-0.4, -0.2) is 46.2 Å². The molecule has 9 heteroatoms. The Hall–Kier alpha value is -4.53. The van der Waals surface area contributed by atoms with Gasteiger partial charge in [-0.15, -0.1) is 10.2 Å². The number of aromatic nitrogens is 8. The van der Waals surface area contributed by atoms with Crippen LogP contribution < -0.4 is 0 Å². The van der Waals surface area contributed by atoms with Crippen molar-refractivity contribution in [3.8, 4) is 22.5 Å². The Morgan fingerprint density at radius 3 is 2.49 bits per heavy atom. The minimum absolute atomic E-state index is 0.177. The Kier molecular flexibility index (Phi) is 6.47. The summed E-state index contributed by atoms with van der Waals surface area (Å²) in [4.78, 5) is 22.2. The van der Waals surface area contributed by atoms with Gasteiger partial charge in [-0.25, -0.2) is 14.8 Å². The second kappa shape index (κ2) is 10.2. The molecule has 174 valence electrons. The van der Waals surface area contributed by atoms with Crippen molar-refractivity contribution in [3.63, 3.8) is 0 Å². The van der Waals surface area contributed by atoms with Gasteiger partial charge in [0.2, 0.25) is 11.6 Å². The molecule has 1 N–H and O–H groups in total. The lowest BCUT2D eigenvalue weighted by molar-refractivity contribution is 0.102. The van der Waals surface area contributed by atoms with Crippen molar-refractivity contribution in [2.45, 2.75) is 32.7 Å². The van der Waals surface area contributed by atoms with E-state index in [1.54, 1.807) is 12.1 Å². The average Bonchev–Trinajstić information content (AvgIpc) is 3.59. The van der Waals surface area contributed by atoms with Crippen molar-refractivity contribution in [2.24, 2.45) is 0 Å². The first-order chi connectivity index (χ1) is 17.2. The molecule has 5 rings (SSSR count). The zero-order valence-corrected chi connectivity index (χ0v) is 19.3. The molecule has 2 aromatic carbocycles. The molecule has 0 aliphatic rings. The van der Waals surface area contributed by atoms with Gasteiger partial charge in [-0.3, -0.25) is 9.78 Å². The van der Waals surface area contributed by atoms with Gasteiger partial charge in [0.1, 0.15) is 5.82 Å². The van der Waals surface area contributed by atoms with E-state index in [0.717, 1.165) is 41.1 Å². The van der Waals surface area contributed by atoms with Crippen molar-refractivity contribution in [3.05, 3.63) is 95.8 Å². The van der Waals surface area contributed by atoms with E-state index in [2.05, 4.69) is 42.6 Å². The fourth-order valence-electron chi connectivity index (χ4n) is 3.87. The molecule has 0 saturated heterocycles. The number of pyridine rings is 1. The van der Waals surface area contributed by atoms with Gasteiger partial charge in [0, 0.05) is 41.5 Å². The first kappa shape index (κ1) is 22.3. The summed E-state index contributed by atoms with van der Waals surface area (Å²) in [6.07, 6.45) is 4.29. The molecule has 0 atom stereocenters. The molecule has 0 unspecified atom stereocenters. The van der Waals surface area contributed by atoms with E-state index < -0.39 is 0 Å². The maximum Gasteiger partial charge on any atom is 0.232 e. The lowest BCUT2D eigenvalue weighted by Crippen LogP contribution is -2.08. The van der Waals surface area contributed by atoms with Gasteiger partial charge in [0.05, 0.1) is 0 Å². The molecule has 0 fully saturated rings. The van der Waals surface area contributed by atoms with E-state index in [0.29, 0.717) is 24.4 Å². The standard InChI is InChI=1S/C26H24N8O/c1-2-3-15-34-23(28-26(31-34)24(35)18-9-5-4-6-10-18)16-20-14-13-19(17-27-20)21-11-7-8-12-22(21)25-29-32-33-30-25/h4-14,17H,2-3,15-16H2,1H3,(H,29,30,32,33). The lowest BCUT2D eigenvalue weighted by atomic mass is 10.0. The first-order valence-corrected chi connectivity index (χ1v) is 11.5. The van der Waals surface area contributed by atoms with E-state index in [4.69, 9.17) is 0 Å². The van der Waals surface area contributed by atoms with Gasteiger partial charge in [0.25, 0.3) is 0 Å². The van der Waals surface area contributed by atoms with Crippen molar-refractivity contribution >= 4 is 5.78 Å². The number of H-pyrrole nitrogens is 1. The molecule has 0 aliphatic carbocycles. The molecule has 5 aromatic rings. The van der Waals surface area contributed by atoms with Crippen molar-refractivity contribution in [2.75, 3.05) is 0 Å². The van der Waals surface area contributed by atoms with Crippen molar-refractivity contribution < 1.29 is 4.79 Å². The SMILES string of the molecule is CCCCn1nc(C(=O)c2ccccc2)nc1Cc1ccc(-c2ccccc2-c2nnn[nH]2)cn1. The van der Waals surface area contributed by atoms with Crippen LogP contribution in [-0.2, 0) is 13.0 Å². The van der Waals surface area contributed by atoms with Crippen LogP contribution in [0.2, 0.25) is 0 Å². The minimum atomic E-state index is -0.177. The number of tetrazole rings is 1. The highest BCUT2D eigenvalue weighted by Crippen LogP contribution is 2.29. The van der Waals surface area contributed by atoms with Crippen LogP contribution in [0.3, 0.4) is 0 Å². The van der Waals surface area contributed by atoms with Crippen molar-refractivity contribution in [1.82, 2.24) is 40.4 Å². The molecule has 3 aromatic heterocycles. The third kappa shape index (κ3) is 4.89. The summed E-state index contributed by atoms with van der Waals surface area (Å²) in [5.41, 5.74) is 4.25. The molecule has 9 nitrogen and oxygen atoms in total. The van der Waals surface area contributed by atoms with Gasteiger partial charge in [-0.05, 0) is 28.5 Å². The molecule has 0 saturated carbocycles. The molecular weight excluding hydrogens is 440 g/mol. The van der Waals surface area contributed by atoms with Crippen molar-refractivity contribution in [1.29, 1.82) is 0 Å². The number of carbonyl (C=O) groups excluding carboxylic acids is 1. The van der Waals surface area contributed by atoms with Crippen LogP contribution in [0.1, 0.15) is 47.5 Å². The number of aryl methyl sites for hydroxylation is 1. The van der Waals surface area contributed by atoms with Gasteiger partial charge in [-0.2, -0.15) is 0 Å². The Balaban J connectivity index is 1.41. The maximum absolute atomic E-state index is 12.9. The molecule has 0 amide bonds. The predicted octanol–water partition coefficient (Wildman–Crippen LogP) is 4.14. The van der Waals surface area contributed by atoms with Crippen LogP contribution in [0.4, 0.5) is 0 Å². The number of benzene rings is 2. The topological polar surface area (TPSA) is 115 Å². The molecule has 35 heavy (non-hydrogen) atoms. The highest BCUT2D eigenvalue weighted by Gasteiger charge is 2.18. The number of hydrogen-bond acceptors (Lipinski definition) is 7. The number of carbonyl (C=O) groups is 1. The second-order valence-electron chi connectivity index (χ2n) is 8.13. The Morgan fingerprint density at radius 2 is 1.77 bits per heavy atom. The van der Waals surface area contributed by atoms with Gasteiger partial charge in [-0.1, -0.05) is 74.0 Å². The third-order valence-electron chi connectivity index (χ3n) is 5.71. The number of unbranched alkanes of at least 4 members (excludes halogenated alkanes) is 1. The summed E-state index contributed by atoms with van der Waals surface area (Å²) in [7, 11) is 0. The van der Waals surface area contributed by atoms with Gasteiger partial charge >= 0.3 is 0 Å². The normalized spacial score (nSPS) is 11.0. The van der Waals surface area contributed by atoms with Gasteiger partial charge < -0.3 is 0 Å². The monoisotopic (exact) mass is 464 g/mol. The van der Waals surface area contributed by atoms with E-state index >= 15 is 0 Å². The summed E-state index contributed by atoms with van der Waals surface area (Å²) in [5.74, 6) is 1.37. The van der Waals surface area contributed by atoms with Crippen LogP contribution in [0.25, 0.3) is 22.5 Å². The largest absolute Gasteiger partial charge is 0.285 e. The fourth-order valence-corrected chi connectivity index (χ4v) is 3.87. The number of nitrogens with zero attached hydrogens (tertiary/aromatic N) is 7. The number of nitrogens with one attached hydrogen (secondary N) is 1. The first-order valence-electron chi connectivity index (χ1n) is 11.5. The molecule has 0 aliphatic heterocycles. The van der Waals surface area contributed by atoms with E-state index in [1.165, 1.54) is 0 Å². The Bertz CT molecular complexity index is 1410. The Labute approximate surface area is 202 Å². The molecule has 0 radical (unpaired) electrons. The number of hydrogen-bond donors (Lipinski definition) is 1. The molecule has 3 heterocycles. The number of rotatable bonds is 9. The summed E-state index contributed by atoms with van der Waals surface area (Å²) in [5, 5.41) is 18.7. The summed E-state index contributed by atoms with van der Waals surface area (Å²) in [6, 6.07) is 21.0. The van der Waals surface area contributed by atoms with Crippen LogP contribution in [0.5, 0.6) is 0 Å². The van der Waals surface area contributed by atoms with Crippen LogP contribution in [0.15, 0.2) is 72.9 Å². The van der Waals surface area contributed by atoms with Crippen LogP contribution >= 0.6 is 0 Å². The third-order valence-corrected chi connectivity index (χ3v) is 5.71. The number of ketones is 1. The Morgan fingerprint density at radius 1 is 0.971 bits per heavy atom. The number of aromatic amines is 1. The zero-order chi connectivity index (χ0) is 24.0. The smallest absolute Gasteiger partial charge is 0.232 e. The maximum atomic E-state index is 12.9. The van der Waals surface area contributed by atoms with Gasteiger partial charge in [0.15, 0.2) is 5.82 Å². The van der Waals surface area contributed by atoms with Crippen LogP contribution in [0, 0.1) is 0 Å². The zero-order valence-electron chi connectivity index (χ0n) is 19.3. The second-order valence-corrected chi connectivity index (χ2v) is 8.13. The highest BCUT2D eigenvalue weighted by molar-refractivity contribution is 6.06. The lowest BCUT2D eigenvalue weighted by Gasteiger charge is -2.08. The molecule has 0 spiro atoms. The minimum Gasteiger partial charge on any atom is -0.285 e. The van der Waals surface area contributed by atoms with E-state index in [1.807, 2.05) is 65.5 Å². The van der Waals surface area contributed by atoms with E-state index in [9.17, 15) is 4.79 Å². The summed E-state index contributed by atoms with van der Waals surface area (Å²) < 4.78 is 1.83. The summed E-state index contributed by atoms with van der Waals surface area (Å²) in [6.45, 7) is 2.83. The summed E-state index contributed by atoms with van der Waals surface area (Å²) >= 11 is 0. The quantitative estimate of drug-likeness (QED) is 0.326. The average molecular weight is 465 g/mol.